The third-order valence-corrected chi connectivity index (χ3v) is 4.34. The number of benzene rings is 1. The van der Waals surface area contributed by atoms with Crippen LogP contribution in [0, 0.1) is 0 Å². The number of anilines is 1. The number of carboxylic acids is 1. The highest BCUT2D eigenvalue weighted by molar-refractivity contribution is 7.17. The van der Waals surface area contributed by atoms with E-state index in [-0.39, 0.29) is 0 Å². The van der Waals surface area contributed by atoms with Crippen molar-refractivity contribution in [2.24, 2.45) is 0 Å². The second-order valence-electron chi connectivity index (χ2n) is 4.54. The van der Waals surface area contributed by atoms with Gasteiger partial charge < -0.3 is 10.0 Å². The van der Waals surface area contributed by atoms with Crippen LogP contribution in [0.2, 0.25) is 0 Å². The molecule has 0 amide bonds. The Balaban J connectivity index is 2.05. The molecule has 5 heteroatoms. The van der Waals surface area contributed by atoms with Crippen molar-refractivity contribution in [2.75, 3.05) is 18.0 Å². The van der Waals surface area contributed by atoms with Gasteiger partial charge in [-0.2, -0.15) is 0 Å². The maximum atomic E-state index is 11.4. The molecule has 3 rings (SSSR count). The van der Waals surface area contributed by atoms with Crippen LogP contribution in [0.25, 0.3) is 11.3 Å². The second-order valence-corrected chi connectivity index (χ2v) is 5.52. The molecular formula is C14H14N2O2S. The minimum absolute atomic E-state index is 0.327. The molecule has 1 fully saturated rings. The highest BCUT2D eigenvalue weighted by Crippen LogP contribution is 2.34. The topological polar surface area (TPSA) is 53.4 Å². The fourth-order valence-electron chi connectivity index (χ4n) is 2.29. The number of thiazole rings is 1. The van der Waals surface area contributed by atoms with Gasteiger partial charge in [0.05, 0.1) is 5.69 Å². The van der Waals surface area contributed by atoms with Gasteiger partial charge >= 0.3 is 5.97 Å². The molecule has 0 radical (unpaired) electrons. The van der Waals surface area contributed by atoms with Gasteiger partial charge in [-0.1, -0.05) is 41.7 Å². The van der Waals surface area contributed by atoms with E-state index in [1.165, 1.54) is 11.3 Å². The number of carboxylic acid groups (broad SMARTS) is 1. The zero-order chi connectivity index (χ0) is 13.2. The third kappa shape index (κ3) is 2.33. The van der Waals surface area contributed by atoms with Crippen LogP contribution in [0.5, 0.6) is 0 Å². The Morgan fingerprint density at radius 2 is 1.89 bits per heavy atom. The average Bonchev–Trinajstić information content (AvgIpc) is 3.08. The molecule has 1 saturated heterocycles. The summed E-state index contributed by atoms with van der Waals surface area (Å²) in [4.78, 5) is 18.4. The monoisotopic (exact) mass is 274 g/mol. The van der Waals surface area contributed by atoms with Gasteiger partial charge in [-0.25, -0.2) is 9.78 Å². The Bertz CT molecular complexity index is 589. The molecule has 1 N–H and O–H groups in total. The van der Waals surface area contributed by atoms with Crippen LogP contribution in [0.15, 0.2) is 30.3 Å². The lowest BCUT2D eigenvalue weighted by Crippen LogP contribution is -2.17. The summed E-state index contributed by atoms with van der Waals surface area (Å²) in [5.41, 5.74) is 1.45. The first kappa shape index (κ1) is 12.2. The van der Waals surface area contributed by atoms with E-state index < -0.39 is 5.97 Å². The Morgan fingerprint density at radius 3 is 2.53 bits per heavy atom. The zero-order valence-corrected chi connectivity index (χ0v) is 11.2. The van der Waals surface area contributed by atoms with Crippen LogP contribution in [-0.4, -0.2) is 29.1 Å². The summed E-state index contributed by atoms with van der Waals surface area (Å²) in [7, 11) is 0. The van der Waals surface area contributed by atoms with Crippen molar-refractivity contribution in [3.8, 4) is 11.3 Å². The number of aromatic carboxylic acids is 1. The van der Waals surface area contributed by atoms with Crippen LogP contribution < -0.4 is 4.90 Å². The molecule has 2 heterocycles. The van der Waals surface area contributed by atoms with Gasteiger partial charge in [0, 0.05) is 18.7 Å². The van der Waals surface area contributed by atoms with Gasteiger partial charge in [0.15, 0.2) is 5.13 Å². The predicted molar refractivity (Wildman–Crippen MR) is 76.0 cm³/mol. The van der Waals surface area contributed by atoms with Gasteiger partial charge in [-0.3, -0.25) is 0 Å². The van der Waals surface area contributed by atoms with E-state index >= 15 is 0 Å². The van der Waals surface area contributed by atoms with Gasteiger partial charge in [-0.15, -0.1) is 0 Å². The van der Waals surface area contributed by atoms with Crippen molar-refractivity contribution in [1.82, 2.24) is 4.98 Å². The maximum absolute atomic E-state index is 11.4. The molecule has 0 aliphatic carbocycles. The van der Waals surface area contributed by atoms with E-state index in [0.717, 1.165) is 36.6 Å². The lowest BCUT2D eigenvalue weighted by molar-refractivity contribution is 0.0702. The molecule has 0 saturated carbocycles. The van der Waals surface area contributed by atoms with E-state index in [4.69, 9.17) is 0 Å². The standard InChI is InChI=1S/C14H14N2O2S/c17-13(18)12-11(10-6-2-1-3-7-10)15-14(19-12)16-8-4-5-9-16/h1-3,6-7H,4-5,8-9H2,(H,17,18). The van der Waals surface area contributed by atoms with E-state index in [0.29, 0.717) is 10.6 Å². The fourth-order valence-corrected chi connectivity index (χ4v) is 3.27. The summed E-state index contributed by atoms with van der Waals surface area (Å²) in [5.74, 6) is -0.901. The van der Waals surface area contributed by atoms with Crippen molar-refractivity contribution in [2.45, 2.75) is 12.8 Å². The van der Waals surface area contributed by atoms with Gasteiger partial charge in [0.2, 0.25) is 0 Å². The summed E-state index contributed by atoms with van der Waals surface area (Å²) >= 11 is 1.27. The number of carbonyl (C=O) groups is 1. The lowest BCUT2D eigenvalue weighted by Gasteiger charge is -2.12. The number of hydrogen-bond donors (Lipinski definition) is 1. The summed E-state index contributed by atoms with van der Waals surface area (Å²) < 4.78 is 0. The molecule has 0 atom stereocenters. The van der Waals surface area contributed by atoms with Crippen molar-refractivity contribution in [1.29, 1.82) is 0 Å². The first-order valence-electron chi connectivity index (χ1n) is 6.30. The summed E-state index contributed by atoms with van der Waals surface area (Å²) in [6.45, 7) is 1.95. The summed E-state index contributed by atoms with van der Waals surface area (Å²) in [5, 5.41) is 10.2. The smallest absolute Gasteiger partial charge is 0.348 e. The third-order valence-electron chi connectivity index (χ3n) is 3.23. The molecule has 4 nitrogen and oxygen atoms in total. The van der Waals surface area contributed by atoms with Crippen molar-refractivity contribution >= 4 is 22.4 Å². The molecule has 0 spiro atoms. The molecule has 98 valence electrons. The summed E-state index contributed by atoms with van der Waals surface area (Å²) in [6.07, 6.45) is 2.31. The van der Waals surface area contributed by atoms with E-state index in [1.54, 1.807) is 0 Å². The molecule has 19 heavy (non-hydrogen) atoms. The fraction of sp³-hybridized carbons (Fsp3) is 0.286. The zero-order valence-electron chi connectivity index (χ0n) is 10.4. The number of aromatic nitrogens is 1. The number of hydrogen-bond acceptors (Lipinski definition) is 4. The minimum atomic E-state index is -0.901. The van der Waals surface area contributed by atoms with E-state index in [2.05, 4.69) is 9.88 Å². The molecule has 2 aromatic rings. The number of rotatable bonds is 3. The molecular weight excluding hydrogens is 260 g/mol. The second kappa shape index (κ2) is 5.01. The molecule has 1 aliphatic heterocycles. The molecule has 0 bridgehead atoms. The number of nitrogens with zero attached hydrogens (tertiary/aromatic N) is 2. The minimum Gasteiger partial charge on any atom is -0.477 e. The van der Waals surface area contributed by atoms with Crippen LogP contribution in [-0.2, 0) is 0 Å². The molecule has 1 aromatic heterocycles. The lowest BCUT2D eigenvalue weighted by atomic mass is 10.1. The van der Waals surface area contributed by atoms with Gasteiger partial charge in [0.25, 0.3) is 0 Å². The SMILES string of the molecule is O=C(O)c1sc(N2CCCC2)nc1-c1ccccc1. The van der Waals surface area contributed by atoms with Crippen molar-refractivity contribution in [3.63, 3.8) is 0 Å². The Hall–Kier alpha value is -1.88. The van der Waals surface area contributed by atoms with Crippen molar-refractivity contribution < 1.29 is 9.90 Å². The first-order valence-corrected chi connectivity index (χ1v) is 7.12. The van der Waals surface area contributed by atoms with Gasteiger partial charge in [-0.05, 0) is 12.8 Å². The van der Waals surface area contributed by atoms with Crippen LogP contribution >= 0.6 is 11.3 Å². The summed E-state index contributed by atoms with van der Waals surface area (Å²) in [6, 6.07) is 9.51. The van der Waals surface area contributed by atoms with Crippen molar-refractivity contribution in [3.05, 3.63) is 35.2 Å². The quantitative estimate of drug-likeness (QED) is 0.934. The Morgan fingerprint density at radius 1 is 1.21 bits per heavy atom. The molecule has 1 aliphatic rings. The van der Waals surface area contributed by atoms with E-state index in [1.807, 2.05) is 30.3 Å². The molecule has 1 aromatic carbocycles. The predicted octanol–water partition coefficient (Wildman–Crippen LogP) is 3.11. The Labute approximate surface area is 115 Å². The first-order chi connectivity index (χ1) is 9.25. The van der Waals surface area contributed by atoms with Gasteiger partial charge in [0.1, 0.15) is 4.88 Å². The largest absolute Gasteiger partial charge is 0.477 e. The van der Waals surface area contributed by atoms with E-state index in [9.17, 15) is 9.90 Å². The maximum Gasteiger partial charge on any atom is 0.348 e. The molecule has 0 unspecified atom stereocenters. The van der Waals surface area contributed by atoms with Crippen LogP contribution in [0.4, 0.5) is 5.13 Å². The van der Waals surface area contributed by atoms with Crippen LogP contribution in [0.1, 0.15) is 22.5 Å². The van der Waals surface area contributed by atoms with Crippen LogP contribution in [0.3, 0.4) is 0 Å². The highest BCUT2D eigenvalue weighted by Gasteiger charge is 2.23. The Kier molecular flexibility index (Phi) is 3.21. The average molecular weight is 274 g/mol. The highest BCUT2D eigenvalue weighted by atomic mass is 32.1. The normalized spacial score (nSPS) is 14.8.